The minimum atomic E-state index is 0.568. The van der Waals surface area contributed by atoms with Gasteiger partial charge in [0.2, 0.25) is 0 Å². The smallest absolute Gasteiger partial charge is 0.142 e. The normalized spacial score (nSPS) is 21.4. The molecule has 0 saturated heterocycles. The van der Waals surface area contributed by atoms with Crippen LogP contribution in [0.2, 0.25) is 0 Å². The zero-order chi connectivity index (χ0) is 14.5. The second-order valence-electron chi connectivity index (χ2n) is 5.84. The van der Waals surface area contributed by atoms with E-state index >= 15 is 0 Å². The van der Waals surface area contributed by atoms with E-state index < -0.39 is 0 Å². The summed E-state index contributed by atoms with van der Waals surface area (Å²) in [4.78, 5) is 0. The number of anilines is 1. The quantitative estimate of drug-likeness (QED) is 0.804. The Bertz CT molecular complexity index is 425. The Hall–Kier alpha value is -1.38. The maximum Gasteiger partial charge on any atom is 0.142 e. The number of rotatable bonds is 7. The topological polar surface area (TPSA) is 30.5 Å². The van der Waals surface area contributed by atoms with E-state index in [0.717, 1.165) is 29.0 Å². The van der Waals surface area contributed by atoms with Crippen LogP contribution in [0, 0.1) is 11.8 Å². The van der Waals surface area contributed by atoms with E-state index in [9.17, 15) is 0 Å². The van der Waals surface area contributed by atoms with Crippen LogP contribution < -0.4 is 14.8 Å². The van der Waals surface area contributed by atoms with Gasteiger partial charge in [-0.2, -0.15) is 0 Å². The van der Waals surface area contributed by atoms with Crippen molar-refractivity contribution in [3.8, 4) is 11.5 Å². The average Bonchev–Trinajstić information content (AvgIpc) is 2.36. The first kappa shape index (κ1) is 15.0. The first-order valence-electron chi connectivity index (χ1n) is 7.80. The molecule has 0 radical (unpaired) electrons. The van der Waals surface area contributed by atoms with Gasteiger partial charge in [-0.25, -0.2) is 0 Å². The van der Waals surface area contributed by atoms with Crippen molar-refractivity contribution in [1.82, 2.24) is 0 Å². The van der Waals surface area contributed by atoms with Gasteiger partial charge >= 0.3 is 0 Å². The van der Waals surface area contributed by atoms with E-state index in [2.05, 4.69) is 25.2 Å². The van der Waals surface area contributed by atoms with Crippen molar-refractivity contribution in [2.75, 3.05) is 18.5 Å². The molecule has 0 aliphatic heterocycles. The number of ether oxygens (including phenoxy) is 2. The minimum Gasteiger partial charge on any atom is -0.494 e. The number of nitrogens with one attached hydrogen (secondary N) is 1. The van der Waals surface area contributed by atoms with E-state index in [-0.39, 0.29) is 0 Å². The lowest BCUT2D eigenvalue weighted by Gasteiger charge is -2.39. The average molecular weight is 277 g/mol. The van der Waals surface area contributed by atoms with Gasteiger partial charge in [0.25, 0.3) is 0 Å². The molecule has 2 rings (SSSR count). The summed E-state index contributed by atoms with van der Waals surface area (Å²) in [6, 6.07) is 6.59. The maximum atomic E-state index is 5.70. The molecule has 112 valence electrons. The second-order valence-corrected chi connectivity index (χ2v) is 5.84. The van der Waals surface area contributed by atoms with Crippen molar-refractivity contribution in [3.63, 3.8) is 0 Å². The van der Waals surface area contributed by atoms with Crippen LogP contribution in [0.25, 0.3) is 0 Å². The molecule has 0 aromatic heterocycles. The summed E-state index contributed by atoms with van der Waals surface area (Å²) in [5, 5.41) is 3.61. The van der Waals surface area contributed by atoms with Crippen molar-refractivity contribution in [1.29, 1.82) is 0 Å². The van der Waals surface area contributed by atoms with Crippen molar-refractivity contribution in [3.05, 3.63) is 18.2 Å². The summed E-state index contributed by atoms with van der Waals surface area (Å²) < 4.78 is 11.3. The largest absolute Gasteiger partial charge is 0.494 e. The fourth-order valence-corrected chi connectivity index (χ4v) is 2.70. The highest BCUT2D eigenvalue weighted by molar-refractivity contribution is 5.60. The van der Waals surface area contributed by atoms with Crippen LogP contribution in [-0.2, 0) is 0 Å². The fraction of sp³-hybridized carbons (Fsp3) is 0.647. The Morgan fingerprint density at radius 3 is 2.45 bits per heavy atom. The lowest BCUT2D eigenvalue weighted by atomic mass is 9.73. The van der Waals surface area contributed by atoms with Gasteiger partial charge in [0.15, 0.2) is 0 Å². The second kappa shape index (κ2) is 6.87. The highest BCUT2D eigenvalue weighted by atomic mass is 16.5. The van der Waals surface area contributed by atoms with E-state index in [1.165, 1.54) is 12.8 Å². The van der Waals surface area contributed by atoms with Gasteiger partial charge in [0.1, 0.15) is 11.5 Å². The van der Waals surface area contributed by atoms with Crippen LogP contribution >= 0.6 is 0 Å². The fourth-order valence-electron chi connectivity index (χ4n) is 2.70. The molecule has 1 aromatic rings. The predicted molar refractivity (Wildman–Crippen MR) is 83.8 cm³/mol. The number of hydrogen-bond donors (Lipinski definition) is 1. The van der Waals surface area contributed by atoms with Crippen LogP contribution in [0.4, 0.5) is 5.69 Å². The van der Waals surface area contributed by atoms with E-state index in [0.29, 0.717) is 19.3 Å². The Morgan fingerprint density at radius 2 is 1.85 bits per heavy atom. The zero-order valence-corrected chi connectivity index (χ0v) is 13.1. The maximum absolute atomic E-state index is 5.70. The van der Waals surface area contributed by atoms with Crippen LogP contribution in [0.1, 0.15) is 40.5 Å². The predicted octanol–water partition coefficient (Wildman–Crippen LogP) is 4.33. The molecular weight excluding hydrogens is 250 g/mol. The SMILES string of the molecule is CCOc1ccc(OCC)c(NC2CC(C(C)C)C2)c1. The first-order valence-corrected chi connectivity index (χ1v) is 7.80. The van der Waals surface area contributed by atoms with Crippen LogP contribution in [0.5, 0.6) is 11.5 Å². The highest BCUT2D eigenvalue weighted by Crippen LogP contribution is 2.38. The summed E-state index contributed by atoms with van der Waals surface area (Å²) in [7, 11) is 0. The van der Waals surface area contributed by atoms with Gasteiger partial charge in [-0.3, -0.25) is 0 Å². The van der Waals surface area contributed by atoms with E-state index in [1.54, 1.807) is 0 Å². The molecule has 20 heavy (non-hydrogen) atoms. The van der Waals surface area contributed by atoms with Gasteiger partial charge in [-0.1, -0.05) is 13.8 Å². The van der Waals surface area contributed by atoms with Crippen molar-refractivity contribution < 1.29 is 9.47 Å². The standard InChI is InChI=1S/C17H27NO2/c1-5-19-15-7-8-17(20-6-2)16(11-15)18-14-9-13(10-14)12(3)4/h7-8,11-14,18H,5-6,9-10H2,1-4H3. The summed E-state index contributed by atoms with van der Waals surface area (Å²) >= 11 is 0. The van der Waals surface area contributed by atoms with Crippen LogP contribution in [-0.4, -0.2) is 19.3 Å². The molecule has 1 aromatic carbocycles. The molecule has 1 aliphatic carbocycles. The van der Waals surface area contributed by atoms with Gasteiger partial charge in [0, 0.05) is 12.1 Å². The van der Waals surface area contributed by atoms with E-state index in [4.69, 9.17) is 9.47 Å². The molecule has 0 atom stereocenters. The van der Waals surface area contributed by atoms with Gasteiger partial charge in [-0.05, 0) is 50.7 Å². The molecule has 0 unspecified atom stereocenters. The molecule has 1 aliphatic rings. The van der Waals surface area contributed by atoms with Crippen LogP contribution in [0.15, 0.2) is 18.2 Å². The third-order valence-electron chi connectivity index (χ3n) is 4.04. The summed E-state index contributed by atoms with van der Waals surface area (Å²) in [5.41, 5.74) is 1.06. The number of benzene rings is 1. The zero-order valence-electron chi connectivity index (χ0n) is 13.1. The third-order valence-corrected chi connectivity index (χ3v) is 4.04. The molecule has 1 fully saturated rings. The Kier molecular flexibility index (Phi) is 5.16. The van der Waals surface area contributed by atoms with Crippen molar-refractivity contribution >= 4 is 5.69 Å². The third kappa shape index (κ3) is 3.59. The Morgan fingerprint density at radius 1 is 1.15 bits per heavy atom. The molecule has 3 heteroatoms. The molecule has 1 N–H and O–H groups in total. The van der Waals surface area contributed by atoms with Gasteiger partial charge in [-0.15, -0.1) is 0 Å². The molecule has 3 nitrogen and oxygen atoms in total. The van der Waals surface area contributed by atoms with Crippen molar-refractivity contribution in [2.24, 2.45) is 11.8 Å². The van der Waals surface area contributed by atoms with E-state index in [1.807, 2.05) is 26.0 Å². The van der Waals surface area contributed by atoms with Crippen molar-refractivity contribution in [2.45, 2.75) is 46.6 Å². The molecule has 0 heterocycles. The lowest BCUT2D eigenvalue weighted by molar-refractivity contribution is 0.211. The summed E-state index contributed by atoms with van der Waals surface area (Å²) in [5.74, 6) is 3.47. The Labute approximate surface area is 122 Å². The molecule has 1 saturated carbocycles. The highest BCUT2D eigenvalue weighted by Gasteiger charge is 2.31. The van der Waals surface area contributed by atoms with Gasteiger partial charge in [0.05, 0.1) is 18.9 Å². The Balaban J connectivity index is 2.02. The monoisotopic (exact) mass is 277 g/mol. The number of hydrogen-bond acceptors (Lipinski definition) is 3. The first-order chi connectivity index (χ1) is 9.63. The van der Waals surface area contributed by atoms with Crippen LogP contribution in [0.3, 0.4) is 0 Å². The molecule has 0 amide bonds. The summed E-state index contributed by atoms with van der Waals surface area (Å²) in [6.45, 7) is 10.00. The minimum absolute atomic E-state index is 0.568. The van der Waals surface area contributed by atoms with Gasteiger partial charge < -0.3 is 14.8 Å². The molecule has 0 bridgehead atoms. The lowest BCUT2D eigenvalue weighted by Crippen LogP contribution is -2.38. The summed E-state index contributed by atoms with van der Waals surface area (Å²) in [6.07, 6.45) is 2.50. The molecule has 0 spiro atoms. The molecular formula is C17H27NO2.